The monoisotopic (exact) mass is 302 g/mol. The molecule has 1 aliphatic heterocycles. The Labute approximate surface area is 130 Å². The molecule has 0 saturated heterocycles. The van der Waals surface area contributed by atoms with Crippen LogP contribution in [0.3, 0.4) is 0 Å². The van der Waals surface area contributed by atoms with Gasteiger partial charge in [-0.05, 0) is 30.5 Å². The number of carbonyl (C=O) groups excluding carboxylic acids is 2. The Kier molecular flexibility index (Phi) is 5.33. The standard InChI is InChI=1S/C17H22N2O3/c1-3-16(21)18(4-2)11-17(22)19-10-9-13-7-5-6-8-14(13)15(19)12-20/h3,5-8,15,20H,1,4,9-12H2,2H3. The van der Waals surface area contributed by atoms with Gasteiger partial charge in [-0.3, -0.25) is 9.59 Å². The summed E-state index contributed by atoms with van der Waals surface area (Å²) in [7, 11) is 0. The third kappa shape index (κ3) is 3.20. The fourth-order valence-electron chi connectivity index (χ4n) is 2.88. The SMILES string of the molecule is C=CC(=O)N(CC)CC(=O)N1CCc2ccccc2C1CO. The van der Waals surface area contributed by atoms with Crippen molar-refractivity contribution in [2.24, 2.45) is 0 Å². The molecule has 2 amide bonds. The van der Waals surface area contributed by atoms with E-state index >= 15 is 0 Å². The van der Waals surface area contributed by atoms with Gasteiger partial charge >= 0.3 is 0 Å². The first-order valence-electron chi connectivity index (χ1n) is 7.51. The number of hydrogen-bond donors (Lipinski definition) is 1. The number of benzene rings is 1. The van der Waals surface area contributed by atoms with Gasteiger partial charge in [-0.1, -0.05) is 30.8 Å². The summed E-state index contributed by atoms with van der Waals surface area (Å²) < 4.78 is 0. The van der Waals surface area contributed by atoms with Gasteiger partial charge in [0.05, 0.1) is 12.6 Å². The first-order valence-corrected chi connectivity index (χ1v) is 7.51. The van der Waals surface area contributed by atoms with Crippen LogP contribution in [-0.2, 0) is 16.0 Å². The quantitative estimate of drug-likeness (QED) is 0.830. The van der Waals surface area contributed by atoms with Gasteiger partial charge in [-0.2, -0.15) is 0 Å². The predicted molar refractivity (Wildman–Crippen MR) is 84.1 cm³/mol. The molecule has 1 atom stereocenters. The molecule has 0 saturated carbocycles. The lowest BCUT2D eigenvalue weighted by Crippen LogP contribution is -2.47. The summed E-state index contributed by atoms with van der Waals surface area (Å²) in [6.45, 7) is 6.18. The average Bonchev–Trinajstić information content (AvgIpc) is 2.57. The van der Waals surface area contributed by atoms with E-state index in [-0.39, 0.29) is 31.0 Å². The maximum absolute atomic E-state index is 12.6. The van der Waals surface area contributed by atoms with Gasteiger partial charge in [-0.25, -0.2) is 0 Å². The zero-order valence-electron chi connectivity index (χ0n) is 12.9. The van der Waals surface area contributed by atoms with Gasteiger partial charge in [-0.15, -0.1) is 0 Å². The lowest BCUT2D eigenvalue weighted by molar-refractivity contribution is -0.140. The zero-order chi connectivity index (χ0) is 16.1. The smallest absolute Gasteiger partial charge is 0.246 e. The predicted octanol–water partition coefficient (Wildman–Crippen LogP) is 1.14. The lowest BCUT2D eigenvalue weighted by atomic mass is 9.93. The minimum atomic E-state index is -0.338. The van der Waals surface area contributed by atoms with Gasteiger partial charge in [0, 0.05) is 13.1 Å². The number of amides is 2. The Hall–Kier alpha value is -2.14. The molecule has 1 heterocycles. The molecular formula is C17H22N2O3. The highest BCUT2D eigenvalue weighted by Gasteiger charge is 2.30. The van der Waals surface area contributed by atoms with Crippen molar-refractivity contribution in [1.82, 2.24) is 9.80 Å². The minimum Gasteiger partial charge on any atom is -0.394 e. The van der Waals surface area contributed by atoms with Crippen LogP contribution in [0.4, 0.5) is 0 Å². The Morgan fingerprint density at radius 1 is 1.45 bits per heavy atom. The normalized spacial score (nSPS) is 16.8. The molecule has 118 valence electrons. The minimum absolute atomic E-state index is 0.0139. The van der Waals surface area contributed by atoms with E-state index in [1.54, 1.807) is 4.90 Å². The van der Waals surface area contributed by atoms with E-state index in [0.717, 1.165) is 12.0 Å². The maximum atomic E-state index is 12.6. The van der Waals surface area contributed by atoms with Crippen molar-refractivity contribution < 1.29 is 14.7 Å². The van der Waals surface area contributed by atoms with Crippen molar-refractivity contribution in [3.63, 3.8) is 0 Å². The van der Waals surface area contributed by atoms with Crippen LogP contribution in [0.5, 0.6) is 0 Å². The summed E-state index contributed by atoms with van der Waals surface area (Å²) >= 11 is 0. The summed E-state index contributed by atoms with van der Waals surface area (Å²) in [5.41, 5.74) is 2.16. The maximum Gasteiger partial charge on any atom is 0.246 e. The van der Waals surface area contributed by atoms with Crippen molar-refractivity contribution in [2.75, 3.05) is 26.2 Å². The molecule has 1 N–H and O–H groups in total. The summed E-state index contributed by atoms with van der Waals surface area (Å²) in [5.74, 6) is -0.403. The molecule has 0 spiro atoms. The Morgan fingerprint density at radius 3 is 2.82 bits per heavy atom. The highest BCUT2D eigenvalue weighted by atomic mass is 16.3. The van der Waals surface area contributed by atoms with E-state index in [1.807, 2.05) is 31.2 Å². The molecule has 5 heteroatoms. The largest absolute Gasteiger partial charge is 0.394 e. The molecule has 0 bridgehead atoms. The van der Waals surface area contributed by atoms with Gasteiger partial charge in [0.15, 0.2) is 0 Å². The van der Waals surface area contributed by atoms with Crippen LogP contribution in [0.2, 0.25) is 0 Å². The number of aliphatic hydroxyl groups is 1. The lowest BCUT2D eigenvalue weighted by Gasteiger charge is -2.37. The second-order valence-corrected chi connectivity index (χ2v) is 5.29. The summed E-state index contributed by atoms with van der Waals surface area (Å²) in [5, 5.41) is 9.71. The summed E-state index contributed by atoms with van der Waals surface area (Å²) in [6, 6.07) is 7.51. The Balaban J connectivity index is 2.16. The van der Waals surface area contributed by atoms with E-state index in [0.29, 0.717) is 13.1 Å². The molecule has 1 aromatic rings. The molecule has 1 aromatic carbocycles. The first-order chi connectivity index (χ1) is 10.6. The van der Waals surface area contributed by atoms with Gasteiger partial charge < -0.3 is 14.9 Å². The van der Waals surface area contributed by atoms with Crippen molar-refractivity contribution in [2.45, 2.75) is 19.4 Å². The Morgan fingerprint density at radius 2 is 2.18 bits per heavy atom. The van der Waals surface area contributed by atoms with Gasteiger partial charge in [0.2, 0.25) is 11.8 Å². The zero-order valence-corrected chi connectivity index (χ0v) is 12.9. The van der Waals surface area contributed by atoms with Crippen LogP contribution >= 0.6 is 0 Å². The molecular weight excluding hydrogens is 280 g/mol. The molecule has 22 heavy (non-hydrogen) atoms. The van der Waals surface area contributed by atoms with Crippen molar-refractivity contribution in [3.05, 3.63) is 48.0 Å². The number of rotatable bonds is 5. The van der Waals surface area contributed by atoms with Crippen LogP contribution in [0, 0.1) is 0 Å². The molecule has 0 aromatic heterocycles. The fraction of sp³-hybridized carbons (Fsp3) is 0.412. The van der Waals surface area contributed by atoms with Gasteiger partial charge in [0.25, 0.3) is 0 Å². The average molecular weight is 302 g/mol. The highest BCUT2D eigenvalue weighted by Crippen LogP contribution is 2.29. The first kappa shape index (κ1) is 16.2. The number of fused-ring (bicyclic) bond motifs is 1. The number of hydrogen-bond acceptors (Lipinski definition) is 3. The van der Waals surface area contributed by atoms with Crippen LogP contribution in [0.15, 0.2) is 36.9 Å². The second kappa shape index (κ2) is 7.22. The third-order valence-corrected chi connectivity index (χ3v) is 4.10. The molecule has 0 fully saturated rings. The highest BCUT2D eigenvalue weighted by molar-refractivity contribution is 5.91. The molecule has 1 aliphatic rings. The van der Waals surface area contributed by atoms with Crippen molar-refractivity contribution >= 4 is 11.8 Å². The Bertz CT molecular complexity index is 571. The van der Waals surface area contributed by atoms with Crippen LogP contribution < -0.4 is 0 Å². The van der Waals surface area contributed by atoms with Crippen molar-refractivity contribution in [1.29, 1.82) is 0 Å². The molecule has 1 unspecified atom stereocenters. The van der Waals surface area contributed by atoms with E-state index in [2.05, 4.69) is 6.58 Å². The summed E-state index contributed by atoms with van der Waals surface area (Å²) in [6.07, 6.45) is 1.98. The fourth-order valence-corrected chi connectivity index (χ4v) is 2.88. The van der Waals surface area contributed by atoms with E-state index in [4.69, 9.17) is 0 Å². The number of carbonyl (C=O) groups is 2. The summed E-state index contributed by atoms with van der Waals surface area (Å²) in [4.78, 5) is 27.4. The molecule has 5 nitrogen and oxygen atoms in total. The van der Waals surface area contributed by atoms with Crippen LogP contribution in [0.25, 0.3) is 0 Å². The second-order valence-electron chi connectivity index (χ2n) is 5.29. The van der Waals surface area contributed by atoms with E-state index < -0.39 is 0 Å². The number of likely N-dealkylation sites (N-methyl/N-ethyl adjacent to an activating group) is 1. The molecule has 2 rings (SSSR count). The van der Waals surface area contributed by atoms with Crippen LogP contribution in [0.1, 0.15) is 24.1 Å². The van der Waals surface area contributed by atoms with E-state index in [1.165, 1.54) is 16.5 Å². The van der Waals surface area contributed by atoms with Crippen molar-refractivity contribution in [3.8, 4) is 0 Å². The van der Waals surface area contributed by atoms with Crippen LogP contribution in [-0.4, -0.2) is 53.0 Å². The third-order valence-electron chi connectivity index (χ3n) is 4.10. The molecule has 0 aliphatic carbocycles. The number of aliphatic hydroxyl groups excluding tert-OH is 1. The topological polar surface area (TPSA) is 60.9 Å². The van der Waals surface area contributed by atoms with E-state index in [9.17, 15) is 14.7 Å². The van der Waals surface area contributed by atoms with Gasteiger partial charge in [0.1, 0.15) is 6.54 Å². The molecule has 0 radical (unpaired) electrons. The number of nitrogens with zero attached hydrogens (tertiary/aromatic N) is 2.